The predicted octanol–water partition coefficient (Wildman–Crippen LogP) is 2.52. The molecule has 0 saturated carbocycles. The van der Waals surface area contributed by atoms with Crippen molar-refractivity contribution in [3.05, 3.63) is 72.1 Å². The van der Waals surface area contributed by atoms with Crippen LogP contribution in [-0.2, 0) is 11.3 Å². The van der Waals surface area contributed by atoms with Gasteiger partial charge in [0.1, 0.15) is 6.04 Å². The van der Waals surface area contributed by atoms with Crippen molar-refractivity contribution in [2.24, 2.45) is 0 Å². The van der Waals surface area contributed by atoms with Crippen molar-refractivity contribution in [3.63, 3.8) is 0 Å². The minimum absolute atomic E-state index is 0.0841. The van der Waals surface area contributed by atoms with Gasteiger partial charge in [0.05, 0.1) is 5.69 Å². The highest BCUT2D eigenvalue weighted by Gasteiger charge is 2.25. The number of hydrogen-bond acceptors (Lipinski definition) is 5. The highest BCUT2D eigenvalue weighted by molar-refractivity contribution is 5.83. The fourth-order valence-corrected chi connectivity index (χ4v) is 3.34. The van der Waals surface area contributed by atoms with Gasteiger partial charge in [0.25, 0.3) is 0 Å². The average Bonchev–Trinajstić information content (AvgIpc) is 3.38. The Morgan fingerprint density at radius 1 is 1.18 bits per heavy atom. The first-order chi connectivity index (χ1) is 13.6. The largest absolute Gasteiger partial charge is 0.454 e. The van der Waals surface area contributed by atoms with Crippen LogP contribution in [0.5, 0.6) is 11.5 Å². The second-order valence-corrected chi connectivity index (χ2v) is 6.78. The number of aromatic nitrogens is 2. The molecule has 1 atom stereocenters. The van der Waals surface area contributed by atoms with E-state index in [0.717, 1.165) is 16.8 Å². The number of para-hydroxylation sites is 1. The van der Waals surface area contributed by atoms with Gasteiger partial charge in [-0.2, -0.15) is 5.10 Å². The topological polar surface area (TPSA) is 68.6 Å². The normalized spacial score (nSPS) is 13.5. The Bertz CT molecular complexity index is 970. The molecule has 1 N–H and O–H groups in total. The Morgan fingerprint density at radius 2 is 2.00 bits per heavy atom. The van der Waals surface area contributed by atoms with Crippen molar-refractivity contribution in [1.82, 2.24) is 20.0 Å². The third-order valence-corrected chi connectivity index (χ3v) is 4.67. The number of amides is 1. The zero-order chi connectivity index (χ0) is 19.5. The zero-order valence-corrected chi connectivity index (χ0v) is 15.8. The number of nitrogens with zero attached hydrogens (tertiary/aromatic N) is 3. The van der Waals surface area contributed by atoms with Crippen LogP contribution in [0.3, 0.4) is 0 Å². The second-order valence-electron chi connectivity index (χ2n) is 6.78. The lowest BCUT2D eigenvalue weighted by molar-refractivity contribution is -0.125. The summed E-state index contributed by atoms with van der Waals surface area (Å²) < 4.78 is 12.6. The summed E-state index contributed by atoms with van der Waals surface area (Å²) in [6, 6.07) is 14.9. The number of hydrogen-bond donors (Lipinski definition) is 1. The van der Waals surface area contributed by atoms with Gasteiger partial charge in [-0.3, -0.25) is 9.69 Å². The van der Waals surface area contributed by atoms with E-state index in [1.807, 2.05) is 73.7 Å². The quantitative estimate of drug-likeness (QED) is 0.714. The number of benzene rings is 2. The smallest absolute Gasteiger partial charge is 0.242 e. The number of nitrogens with one attached hydrogen (secondary N) is 1. The first kappa shape index (κ1) is 18.1. The van der Waals surface area contributed by atoms with Crippen molar-refractivity contribution in [1.29, 1.82) is 0 Å². The molecule has 7 heteroatoms. The Kier molecular flexibility index (Phi) is 4.99. The minimum atomic E-state index is -0.439. The first-order valence-electron chi connectivity index (χ1n) is 9.05. The average molecular weight is 378 g/mol. The maximum atomic E-state index is 13.0. The molecule has 0 radical (unpaired) electrons. The van der Waals surface area contributed by atoms with Crippen molar-refractivity contribution < 1.29 is 14.3 Å². The molecule has 2 heterocycles. The molecule has 1 amide bonds. The van der Waals surface area contributed by atoms with Crippen LogP contribution in [0.1, 0.15) is 17.2 Å². The minimum Gasteiger partial charge on any atom is -0.454 e. The van der Waals surface area contributed by atoms with Gasteiger partial charge in [0.2, 0.25) is 12.7 Å². The lowest BCUT2D eigenvalue weighted by atomic mass is 10.0. The fourth-order valence-electron chi connectivity index (χ4n) is 3.34. The summed E-state index contributed by atoms with van der Waals surface area (Å²) in [6.07, 6.45) is 3.62. The Morgan fingerprint density at radius 3 is 2.79 bits per heavy atom. The molecule has 1 aliphatic rings. The Balaban J connectivity index is 1.52. The van der Waals surface area contributed by atoms with Gasteiger partial charge >= 0.3 is 0 Å². The van der Waals surface area contributed by atoms with Crippen molar-refractivity contribution in [2.45, 2.75) is 12.6 Å². The lowest BCUT2D eigenvalue weighted by Crippen LogP contribution is -2.36. The highest BCUT2D eigenvalue weighted by Crippen LogP contribution is 2.35. The zero-order valence-electron chi connectivity index (χ0n) is 15.8. The van der Waals surface area contributed by atoms with E-state index >= 15 is 0 Å². The summed E-state index contributed by atoms with van der Waals surface area (Å²) in [4.78, 5) is 14.9. The van der Waals surface area contributed by atoms with Crippen molar-refractivity contribution in [3.8, 4) is 17.2 Å². The predicted molar refractivity (Wildman–Crippen MR) is 104 cm³/mol. The number of ether oxygens (including phenoxy) is 2. The van der Waals surface area contributed by atoms with Crippen LogP contribution in [0.4, 0.5) is 0 Å². The van der Waals surface area contributed by atoms with Gasteiger partial charge in [-0.05, 0) is 49.5 Å². The summed E-state index contributed by atoms with van der Waals surface area (Å²) in [5.74, 6) is 1.29. The number of carbonyl (C=O) groups is 1. The van der Waals surface area contributed by atoms with Gasteiger partial charge in [0.15, 0.2) is 11.5 Å². The molecule has 7 nitrogen and oxygen atoms in total. The van der Waals surface area contributed by atoms with Gasteiger partial charge in [-0.25, -0.2) is 4.68 Å². The number of likely N-dealkylation sites (N-methyl/N-ethyl adjacent to an activating group) is 1. The van der Waals surface area contributed by atoms with Gasteiger partial charge in [0, 0.05) is 18.9 Å². The van der Waals surface area contributed by atoms with E-state index in [9.17, 15) is 4.79 Å². The van der Waals surface area contributed by atoms with Crippen LogP contribution in [0.25, 0.3) is 5.69 Å². The number of rotatable bonds is 6. The molecule has 0 saturated heterocycles. The molecule has 0 unspecified atom stereocenters. The van der Waals surface area contributed by atoms with Crippen molar-refractivity contribution >= 4 is 5.91 Å². The maximum absolute atomic E-state index is 13.0. The molecule has 0 bridgehead atoms. The van der Waals surface area contributed by atoms with Crippen LogP contribution in [0.2, 0.25) is 0 Å². The van der Waals surface area contributed by atoms with Gasteiger partial charge in [-0.15, -0.1) is 0 Å². The SMILES string of the molecule is CN(C)[C@H](C(=O)NCc1ccccc1-n1cccn1)c1ccc2c(c1)OCO2. The molecule has 1 aliphatic heterocycles. The molecule has 28 heavy (non-hydrogen) atoms. The first-order valence-corrected chi connectivity index (χ1v) is 9.05. The van der Waals surface area contributed by atoms with E-state index in [1.165, 1.54) is 0 Å². The molecule has 0 fully saturated rings. The Labute approximate surface area is 163 Å². The second kappa shape index (κ2) is 7.74. The molecule has 0 aliphatic carbocycles. The van der Waals surface area contributed by atoms with Crippen molar-refractivity contribution in [2.75, 3.05) is 20.9 Å². The van der Waals surface area contributed by atoms with Crippen LogP contribution in [0.15, 0.2) is 60.9 Å². The van der Waals surface area contributed by atoms with Gasteiger partial charge < -0.3 is 14.8 Å². The molecule has 144 valence electrons. The summed E-state index contributed by atoms with van der Waals surface area (Å²) in [6.45, 7) is 0.617. The van der Waals surface area contributed by atoms with Crippen LogP contribution in [-0.4, -0.2) is 41.5 Å². The van der Waals surface area contributed by atoms with E-state index < -0.39 is 6.04 Å². The summed E-state index contributed by atoms with van der Waals surface area (Å²) >= 11 is 0. The maximum Gasteiger partial charge on any atom is 0.242 e. The van der Waals surface area contributed by atoms with Crippen LogP contribution >= 0.6 is 0 Å². The monoisotopic (exact) mass is 378 g/mol. The molecule has 3 aromatic rings. The van der Waals surface area contributed by atoms with E-state index in [1.54, 1.807) is 10.9 Å². The lowest BCUT2D eigenvalue weighted by Gasteiger charge is -2.24. The van der Waals surface area contributed by atoms with Crippen LogP contribution in [0, 0.1) is 0 Å². The summed E-state index contributed by atoms with van der Waals surface area (Å²) in [5.41, 5.74) is 2.78. The fraction of sp³-hybridized carbons (Fsp3) is 0.238. The molecular weight excluding hydrogens is 356 g/mol. The van der Waals surface area contributed by atoms with E-state index in [-0.39, 0.29) is 12.7 Å². The third kappa shape index (κ3) is 3.57. The molecule has 0 spiro atoms. The third-order valence-electron chi connectivity index (χ3n) is 4.67. The Hall–Kier alpha value is -3.32. The molecule has 1 aromatic heterocycles. The highest BCUT2D eigenvalue weighted by atomic mass is 16.7. The van der Waals surface area contributed by atoms with E-state index in [0.29, 0.717) is 18.0 Å². The van der Waals surface area contributed by atoms with E-state index in [2.05, 4.69) is 10.4 Å². The molecular formula is C21H22N4O3. The standard InChI is InChI=1S/C21H22N4O3/c1-24(2)20(15-8-9-18-19(12-15)28-14-27-18)21(26)22-13-16-6-3-4-7-17(16)25-11-5-10-23-25/h3-12,20H,13-14H2,1-2H3,(H,22,26)/t20-/m0/s1. The molecule has 2 aromatic carbocycles. The summed E-state index contributed by atoms with van der Waals surface area (Å²) in [5, 5.41) is 7.34. The number of carbonyl (C=O) groups excluding carboxylic acids is 1. The van der Waals surface area contributed by atoms with Crippen LogP contribution < -0.4 is 14.8 Å². The number of fused-ring (bicyclic) bond motifs is 1. The summed E-state index contributed by atoms with van der Waals surface area (Å²) in [7, 11) is 3.76. The molecule has 4 rings (SSSR count). The van der Waals surface area contributed by atoms with E-state index in [4.69, 9.17) is 9.47 Å². The van der Waals surface area contributed by atoms with Gasteiger partial charge in [-0.1, -0.05) is 24.3 Å².